The summed E-state index contributed by atoms with van der Waals surface area (Å²) in [6, 6.07) is 3.54. The van der Waals surface area contributed by atoms with Crippen molar-refractivity contribution in [2.45, 2.75) is 44.7 Å². The molecule has 1 fully saturated rings. The Labute approximate surface area is 185 Å². The number of pyridine rings is 1. The van der Waals surface area contributed by atoms with Crippen LogP contribution in [-0.2, 0) is 6.18 Å². The van der Waals surface area contributed by atoms with Crippen LogP contribution in [0.25, 0.3) is 22.3 Å². The quantitative estimate of drug-likeness (QED) is 0.400. The molecule has 10 heteroatoms. The molecule has 0 radical (unpaired) electrons. The van der Waals surface area contributed by atoms with E-state index in [0.717, 1.165) is 32.1 Å². The Morgan fingerprint density at radius 2 is 2.00 bits per heavy atom. The largest absolute Gasteiger partial charge is 0.419 e. The fraction of sp³-hybridized carbons (Fsp3) is 0.409. The second-order valence-electron chi connectivity index (χ2n) is 8.94. The van der Waals surface area contributed by atoms with Gasteiger partial charge in [-0.3, -0.25) is 0 Å². The van der Waals surface area contributed by atoms with E-state index in [4.69, 9.17) is 0 Å². The van der Waals surface area contributed by atoms with Crippen LogP contribution in [0.1, 0.15) is 24.1 Å². The van der Waals surface area contributed by atoms with E-state index in [1.165, 1.54) is 6.20 Å². The predicted octanol–water partition coefficient (Wildman–Crippen LogP) is 4.43. The number of nitrogens with zero attached hydrogens (tertiary/aromatic N) is 3. The molecule has 4 rings (SSSR count). The molecule has 3 aromatic rings. The Kier molecular flexibility index (Phi) is 5.96. The number of halogens is 3. The summed E-state index contributed by atoms with van der Waals surface area (Å²) in [5.74, 6) is 3.26. The monoisotopic (exact) mass is 458 g/mol. The second-order valence-corrected chi connectivity index (χ2v) is 13.7. The molecule has 1 saturated heterocycles. The average Bonchev–Trinajstić information content (AvgIpc) is 3.15. The summed E-state index contributed by atoms with van der Waals surface area (Å²) < 4.78 is 41.3. The first kappa shape index (κ1) is 22.3. The highest BCUT2D eigenvalue weighted by molar-refractivity contribution is 6.83. The Hall–Kier alpha value is -2.90. The van der Waals surface area contributed by atoms with E-state index in [2.05, 4.69) is 61.7 Å². The summed E-state index contributed by atoms with van der Waals surface area (Å²) in [5, 5.41) is 6.97. The lowest BCUT2D eigenvalue weighted by molar-refractivity contribution is -0.137. The smallest absolute Gasteiger partial charge is 0.350 e. The lowest BCUT2D eigenvalue weighted by atomic mass is 10.1. The molecule has 0 bridgehead atoms. The molecule has 1 aliphatic heterocycles. The summed E-state index contributed by atoms with van der Waals surface area (Å²) in [7, 11) is -1.57. The van der Waals surface area contributed by atoms with E-state index in [0.29, 0.717) is 22.3 Å². The van der Waals surface area contributed by atoms with E-state index in [1.54, 1.807) is 12.1 Å². The van der Waals surface area contributed by atoms with Gasteiger partial charge in [0.15, 0.2) is 0 Å². The van der Waals surface area contributed by atoms with Gasteiger partial charge < -0.3 is 15.6 Å². The fourth-order valence-corrected chi connectivity index (χ4v) is 4.05. The van der Waals surface area contributed by atoms with Crippen molar-refractivity contribution >= 4 is 25.1 Å². The van der Waals surface area contributed by atoms with Gasteiger partial charge in [0.2, 0.25) is 5.95 Å². The zero-order chi connectivity index (χ0) is 22.9. The first-order valence-electron chi connectivity index (χ1n) is 10.5. The van der Waals surface area contributed by atoms with Crippen LogP contribution in [-0.4, -0.2) is 47.1 Å². The number of nitrogens with one attached hydrogen (secondary N) is 3. The van der Waals surface area contributed by atoms with E-state index >= 15 is 0 Å². The van der Waals surface area contributed by atoms with Crippen LogP contribution in [0.2, 0.25) is 19.6 Å². The van der Waals surface area contributed by atoms with Crippen molar-refractivity contribution in [2.24, 2.45) is 0 Å². The standard InChI is InChI=1S/C22H25F3N6Si/c1-32(2,3)10-8-14-6-7-16-17(12-27-20(16)29-14)19-18(22(23,24)25)13-28-21(31-19)30-15-5-4-9-26-11-15/h6-7,12-13,15,26H,4-5,9,11H2,1-3H3,(H,27,29)(H,28,30,31). The number of hydrogen-bond donors (Lipinski definition) is 3. The lowest BCUT2D eigenvalue weighted by Crippen LogP contribution is -2.38. The molecule has 32 heavy (non-hydrogen) atoms. The molecule has 0 spiro atoms. The molecule has 168 valence electrons. The molecule has 3 N–H and O–H groups in total. The van der Waals surface area contributed by atoms with Gasteiger partial charge in [0, 0.05) is 35.9 Å². The lowest BCUT2D eigenvalue weighted by Gasteiger charge is -2.24. The molecule has 0 saturated carbocycles. The maximum absolute atomic E-state index is 13.8. The molecular formula is C22H25F3N6Si. The van der Waals surface area contributed by atoms with Gasteiger partial charge in [-0.15, -0.1) is 5.54 Å². The molecule has 0 amide bonds. The second kappa shape index (κ2) is 8.56. The fourth-order valence-electron chi connectivity index (χ4n) is 3.54. The predicted molar refractivity (Wildman–Crippen MR) is 122 cm³/mol. The van der Waals surface area contributed by atoms with Crippen molar-refractivity contribution in [1.82, 2.24) is 25.3 Å². The number of alkyl halides is 3. The summed E-state index contributed by atoms with van der Waals surface area (Å²) in [4.78, 5) is 15.7. The molecule has 3 aromatic heterocycles. The molecule has 1 atom stereocenters. The van der Waals surface area contributed by atoms with E-state index in [1.807, 2.05) is 0 Å². The Bertz CT molecular complexity index is 1180. The Morgan fingerprint density at radius 3 is 2.69 bits per heavy atom. The highest BCUT2D eigenvalue weighted by Gasteiger charge is 2.36. The number of rotatable bonds is 3. The van der Waals surface area contributed by atoms with Crippen LogP contribution in [0.5, 0.6) is 0 Å². The Morgan fingerprint density at radius 1 is 1.19 bits per heavy atom. The minimum absolute atomic E-state index is 0.0745. The number of anilines is 1. The Balaban J connectivity index is 1.74. The molecular weight excluding hydrogens is 433 g/mol. The number of aromatic nitrogens is 4. The molecule has 0 aliphatic carbocycles. The number of hydrogen-bond acceptors (Lipinski definition) is 5. The van der Waals surface area contributed by atoms with Crippen molar-refractivity contribution in [3.05, 3.63) is 35.8 Å². The van der Waals surface area contributed by atoms with Gasteiger partial charge in [0.25, 0.3) is 0 Å². The van der Waals surface area contributed by atoms with E-state index in [9.17, 15) is 13.2 Å². The van der Waals surface area contributed by atoms with Gasteiger partial charge >= 0.3 is 6.18 Å². The number of H-pyrrole nitrogens is 1. The molecule has 0 aromatic carbocycles. The molecule has 1 unspecified atom stereocenters. The SMILES string of the molecule is C[Si](C)(C)C#Cc1ccc2c(-c3nc(NC4CCCNC4)ncc3C(F)(F)F)c[nH]c2n1. The third kappa shape index (κ3) is 5.11. The summed E-state index contributed by atoms with van der Waals surface area (Å²) in [6.45, 7) is 8.05. The maximum atomic E-state index is 13.8. The van der Waals surface area contributed by atoms with Crippen molar-refractivity contribution in [3.63, 3.8) is 0 Å². The first-order valence-corrected chi connectivity index (χ1v) is 14.0. The summed E-state index contributed by atoms with van der Waals surface area (Å²) in [5.41, 5.74) is 3.58. The topological polar surface area (TPSA) is 78.5 Å². The average molecular weight is 459 g/mol. The zero-order valence-electron chi connectivity index (χ0n) is 18.2. The summed E-state index contributed by atoms with van der Waals surface area (Å²) in [6.07, 6.45) is -0.328. The molecule has 6 nitrogen and oxygen atoms in total. The number of piperidine rings is 1. The third-order valence-electron chi connectivity index (χ3n) is 5.08. The normalized spacial score (nSPS) is 17.1. The van der Waals surface area contributed by atoms with E-state index < -0.39 is 19.8 Å². The van der Waals surface area contributed by atoms with Crippen LogP contribution in [0, 0.1) is 11.5 Å². The minimum Gasteiger partial charge on any atom is -0.350 e. The van der Waals surface area contributed by atoms with Crippen LogP contribution in [0.15, 0.2) is 24.5 Å². The van der Waals surface area contributed by atoms with Crippen molar-refractivity contribution in [1.29, 1.82) is 0 Å². The van der Waals surface area contributed by atoms with Gasteiger partial charge in [0.05, 0.1) is 5.69 Å². The highest BCUT2D eigenvalue weighted by atomic mass is 28.3. The maximum Gasteiger partial charge on any atom is 0.419 e. The highest BCUT2D eigenvalue weighted by Crippen LogP contribution is 2.38. The van der Waals surface area contributed by atoms with Gasteiger partial charge in [0.1, 0.15) is 25.0 Å². The van der Waals surface area contributed by atoms with Gasteiger partial charge in [-0.1, -0.05) is 25.6 Å². The van der Waals surface area contributed by atoms with E-state index in [-0.39, 0.29) is 17.7 Å². The third-order valence-corrected chi connectivity index (χ3v) is 5.96. The number of fused-ring (bicyclic) bond motifs is 1. The van der Waals surface area contributed by atoms with Gasteiger partial charge in [-0.25, -0.2) is 15.0 Å². The van der Waals surface area contributed by atoms with Gasteiger partial charge in [-0.2, -0.15) is 13.2 Å². The minimum atomic E-state index is -4.58. The molecule has 4 heterocycles. The van der Waals surface area contributed by atoms with Crippen molar-refractivity contribution in [3.8, 4) is 22.7 Å². The van der Waals surface area contributed by atoms with Gasteiger partial charge in [-0.05, 0) is 31.5 Å². The van der Waals surface area contributed by atoms with Crippen LogP contribution < -0.4 is 10.6 Å². The van der Waals surface area contributed by atoms with Crippen molar-refractivity contribution in [2.75, 3.05) is 18.4 Å². The van der Waals surface area contributed by atoms with Crippen LogP contribution in [0.3, 0.4) is 0 Å². The first-order chi connectivity index (χ1) is 15.1. The number of aromatic amines is 1. The zero-order valence-corrected chi connectivity index (χ0v) is 19.2. The van der Waals surface area contributed by atoms with Crippen LogP contribution in [0.4, 0.5) is 19.1 Å². The molecule has 1 aliphatic rings. The van der Waals surface area contributed by atoms with Crippen molar-refractivity contribution < 1.29 is 13.2 Å². The summed E-state index contributed by atoms with van der Waals surface area (Å²) >= 11 is 0. The van der Waals surface area contributed by atoms with Crippen LogP contribution >= 0.6 is 0 Å².